The van der Waals surface area contributed by atoms with E-state index in [2.05, 4.69) is 9.68 Å². The van der Waals surface area contributed by atoms with E-state index in [0.717, 1.165) is 0 Å². The highest BCUT2D eigenvalue weighted by Gasteiger charge is 2.51. The van der Waals surface area contributed by atoms with Crippen LogP contribution in [-0.2, 0) is 19.1 Å². The van der Waals surface area contributed by atoms with E-state index < -0.39 is 44.8 Å². The van der Waals surface area contributed by atoms with E-state index in [0.29, 0.717) is 0 Å². The third-order valence-electron chi connectivity index (χ3n) is 2.41. The molecule has 24 heavy (non-hydrogen) atoms. The van der Waals surface area contributed by atoms with Gasteiger partial charge in [-0.3, -0.25) is 0 Å². The number of ether oxygens (including phenoxy) is 2. The number of rotatable bonds is 4. The zero-order valence-electron chi connectivity index (χ0n) is 11.2. The van der Waals surface area contributed by atoms with Gasteiger partial charge in [-0.05, 0) is 0 Å². The molecule has 4 atom stereocenters. The Hall–Kier alpha value is -3.28. The van der Waals surface area contributed by atoms with Gasteiger partial charge in [0.25, 0.3) is 10.2 Å². The third-order valence-corrected chi connectivity index (χ3v) is 2.41. The predicted octanol–water partition coefficient (Wildman–Crippen LogP) is -1.54. The molecule has 0 aromatic carbocycles. The van der Waals surface area contributed by atoms with Gasteiger partial charge in [0.2, 0.25) is 0 Å². The maximum Gasteiger partial charge on any atom is 0.294 e. The standard InChI is InChI=1S/C6H8N2O8.2NO3/c9-7(10)15-3-1-13-6-4(16-8(11)12)2-14-5(3)6;2*2-1(3)4/h3-6H,1-2H2;;/q;2*-1/t3-,4+,5-,6-;;/m1../s1. The minimum Gasteiger partial charge on any atom is -0.371 e. The first kappa shape index (κ1) is 20.7. The highest BCUT2D eigenvalue weighted by molar-refractivity contribution is 4.94. The minimum atomic E-state index is -1.75. The summed E-state index contributed by atoms with van der Waals surface area (Å²) < 4.78 is 10.2. The van der Waals surface area contributed by atoms with Crippen LogP contribution in [0.5, 0.6) is 0 Å². The van der Waals surface area contributed by atoms with Crippen molar-refractivity contribution in [1.29, 1.82) is 0 Å². The van der Waals surface area contributed by atoms with Crippen molar-refractivity contribution in [1.82, 2.24) is 0 Å². The zero-order chi connectivity index (χ0) is 18.9. The van der Waals surface area contributed by atoms with Gasteiger partial charge in [-0.25, -0.2) is 0 Å². The summed E-state index contributed by atoms with van der Waals surface area (Å²) in [7, 11) is 0. The zero-order valence-corrected chi connectivity index (χ0v) is 11.2. The second-order valence-corrected chi connectivity index (χ2v) is 3.78. The minimum absolute atomic E-state index is 0.0477. The van der Waals surface area contributed by atoms with Crippen molar-refractivity contribution in [2.75, 3.05) is 13.2 Å². The predicted molar refractivity (Wildman–Crippen MR) is 63.9 cm³/mol. The third kappa shape index (κ3) is 8.23. The molecule has 2 rings (SSSR count). The summed E-state index contributed by atoms with van der Waals surface area (Å²) in [6, 6.07) is 0. The number of hydrogen-bond donors (Lipinski definition) is 0. The van der Waals surface area contributed by atoms with Crippen molar-refractivity contribution in [2.45, 2.75) is 24.4 Å². The second kappa shape index (κ2) is 9.68. The molecule has 0 saturated carbocycles. The summed E-state index contributed by atoms with van der Waals surface area (Å²) in [6.07, 6.45) is -3.12. The van der Waals surface area contributed by atoms with E-state index in [4.69, 9.17) is 40.1 Å². The number of nitrogens with zero attached hydrogens (tertiary/aromatic N) is 4. The molecule has 0 aromatic heterocycles. The van der Waals surface area contributed by atoms with Crippen molar-refractivity contribution in [3.05, 3.63) is 50.9 Å². The summed E-state index contributed by atoms with van der Waals surface area (Å²) in [6.45, 7) is -0.0955. The smallest absolute Gasteiger partial charge is 0.294 e. The molecule has 2 fully saturated rings. The van der Waals surface area contributed by atoms with Gasteiger partial charge in [-0.1, -0.05) is 0 Å². The van der Waals surface area contributed by atoms with Crippen LogP contribution in [0.4, 0.5) is 0 Å². The molecule has 2 aliphatic rings. The first-order valence-electron chi connectivity index (χ1n) is 5.53. The van der Waals surface area contributed by atoms with Crippen molar-refractivity contribution >= 4 is 0 Å². The molecule has 0 radical (unpaired) electrons. The van der Waals surface area contributed by atoms with Crippen LogP contribution in [0, 0.1) is 50.9 Å². The van der Waals surface area contributed by atoms with Gasteiger partial charge in [-0.15, -0.1) is 20.2 Å². The number of hydrogen-bond acceptors (Lipinski definition) is 14. The summed E-state index contributed by atoms with van der Waals surface area (Å²) in [5, 5.41) is 47.9. The van der Waals surface area contributed by atoms with Crippen LogP contribution in [0.1, 0.15) is 0 Å². The maximum atomic E-state index is 10.1. The van der Waals surface area contributed by atoms with Gasteiger partial charge >= 0.3 is 0 Å². The fraction of sp³-hybridized carbons (Fsp3) is 1.00. The van der Waals surface area contributed by atoms with Crippen LogP contribution in [0.15, 0.2) is 0 Å². The average molecular weight is 360 g/mol. The molecule has 18 nitrogen and oxygen atoms in total. The van der Waals surface area contributed by atoms with Crippen LogP contribution in [0.2, 0.25) is 0 Å². The molecule has 0 amide bonds. The van der Waals surface area contributed by atoms with Gasteiger partial charge in [0.05, 0.1) is 23.4 Å². The largest absolute Gasteiger partial charge is 0.371 e. The molecule has 138 valence electrons. The topological polar surface area (TPSA) is 256 Å². The van der Waals surface area contributed by atoms with E-state index in [1.54, 1.807) is 0 Å². The molecule has 0 unspecified atom stereocenters. The maximum absolute atomic E-state index is 10.1. The normalized spacial score (nSPS) is 26.5. The molecule has 0 aliphatic carbocycles. The first-order chi connectivity index (χ1) is 11.0. The van der Waals surface area contributed by atoms with E-state index in [-0.39, 0.29) is 13.2 Å². The Morgan fingerprint density at radius 2 is 0.917 bits per heavy atom. The van der Waals surface area contributed by atoms with Gasteiger partial charge in [0.1, 0.15) is 12.2 Å². The molecular weight excluding hydrogens is 352 g/mol. The van der Waals surface area contributed by atoms with Gasteiger partial charge in [-0.2, -0.15) is 0 Å². The Morgan fingerprint density at radius 1 is 0.667 bits per heavy atom. The lowest BCUT2D eigenvalue weighted by atomic mass is 10.1. The Kier molecular flexibility index (Phi) is 8.36. The lowest BCUT2D eigenvalue weighted by Gasteiger charge is -2.13. The Labute approximate surface area is 129 Å². The van der Waals surface area contributed by atoms with Crippen molar-refractivity contribution in [3.63, 3.8) is 0 Å². The Balaban J connectivity index is 0.000000558. The van der Waals surface area contributed by atoms with Crippen molar-refractivity contribution < 1.29 is 39.5 Å². The fourth-order valence-corrected chi connectivity index (χ4v) is 1.83. The lowest BCUT2D eigenvalue weighted by molar-refractivity contribution is -0.769. The van der Waals surface area contributed by atoms with Crippen LogP contribution in [0.3, 0.4) is 0 Å². The van der Waals surface area contributed by atoms with E-state index >= 15 is 0 Å². The summed E-state index contributed by atoms with van der Waals surface area (Å²) >= 11 is 0. The molecule has 0 bridgehead atoms. The van der Waals surface area contributed by atoms with Gasteiger partial charge < -0.3 is 49.8 Å². The fourth-order valence-electron chi connectivity index (χ4n) is 1.83. The first-order valence-corrected chi connectivity index (χ1v) is 5.53. The molecule has 0 spiro atoms. The summed E-state index contributed by atoms with van der Waals surface area (Å²) in [5.74, 6) is 0. The van der Waals surface area contributed by atoms with E-state index in [1.165, 1.54) is 0 Å². The molecule has 0 aromatic rings. The van der Waals surface area contributed by atoms with Crippen LogP contribution in [0.25, 0.3) is 0 Å². The molecule has 18 heteroatoms. The van der Waals surface area contributed by atoms with Crippen molar-refractivity contribution in [2.24, 2.45) is 0 Å². The van der Waals surface area contributed by atoms with Crippen molar-refractivity contribution in [3.8, 4) is 0 Å². The monoisotopic (exact) mass is 360 g/mol. The lowest BCUT2D eigenvalue weighted by Crippen LogP contribution is -2.35. The summed E-state index contributed by atoms with van der Waals surface area (Å²) in [5.41, 5.74) is 0. The Bertz CT molecular complexity index is 420. The average Bonchev–Trinajstić information content (AvgIpc) is 2.91. The highest BCUT2D eigenvalue weighted by atomic mass is 17.0. The molecule has 0 N–H and O–H groups in total. The van der Waals surface area contributed by atoms with Gasteiger partial charge in [0.15, 0.2) is 12.2 Å². The van der Waals surface area contributed by atoms with Crippen LogP contribution >= 0.6 is 0 Å². The Morgan fingerprint density at radius 3 is 1.12 bits per heavy atom. The quantitative estimate of drug-likeness (QED) is 0.406. The highest BCUT2D eigenvalue weighted by Crippen LogP contribution is 2.30. The molecular formula is C6H8N4O14-2. The van der Waals surface area contributed by atoms with E-state index in [1.807, 2.05) is 0 Å². The summed E-state index contributed by atoms with van der Waals surface area (Å²) in [4.78, 5) is 45.4. The second-order valence-electron chi connectivity index (χ2n) is 3.78. The van der Waals surface area contributed by atoms with Crippen LogP contribution in [-0.4, -0.2) is 58.0 Å². The SMILES string of the molecule is O=[N+]([O-])O[C@H]1CO[C@H]2[C@@H]1OC[C@H]2O[N+](=O)[O-].O=[N+]([O-])[O-].O=[N+]([O-])[O-]. The van der Waals surface area contributed by atoms with E-state index in [9.17, 15) is 20.2 Å². The van der Waals surface area contributed by atoms with Gasteiger partial charge in [0, 0.05) is 0 Å². The molecule has 2 heterocycles. The van der Waals surface area contributed by atoms with Crippen LogP contribution < -0.4 is 0 Å². The molecule has 2 saturated heterocycles. The number of fused-ring (bicyclic) bond motifs is 1. The molecule has 2 aliphatic heterocycles.